The molecule has 19 heteroatoms. The number of hydrogen-bond acceptors (Lipinski definition) is 1. The van der Waals surface area contributed by atoms with Crippen LogP contribution < -0.4 is 0 Å². The molecule has 0 fully saturated rings. The van der Waals surface area contributed by atoms with Crippen molar-refractivity contribution in [2.24, 2.45) is 54.7 Å². The molecule has 0 spiro atoms. The second-order valence-corrected chi connectivity index (χ2v) is 47.2. The van der Waals surface area contributed by atoms with Crippen LogP contribution in [0.2, 0.25) is 0 Å². The van der Waals surface area contributed by atoms with Crippen molar-refractivity contribution in [3.8, 4) is 0 Å². The van der Waals surface area contributed by atoms with Crippen LogP contribution in [0.5, 0.6) is 0 Å². The maximum absolute atomic E-state index is 6.94. The third kappa shape index (κ3) is 327. The van der Waals surface area contributed by atoms with E-state index in [1.54, 1.807) is 0 Å². The van der Waals surface area contributed by atoms with Crippen LogP contribution in [0.15, 0.2) is 0 Å². The Balaban J connectivity index is -0.0000000267. The Morgan fingerprint density at radius 3 is 0.673 bits per heavy atom. The summed E-state index contributed by atoms with van der Waals surface area (Å²) < 4.78 is 17.1. The first-order valence-corrected chi connectivity index (χ1v) is 40.4. The van der Waals surface area contributed by atoms with Crippen molar-refractivity contribution in [2.75, 3.05) is 13.1 Å². The molecule has 0 rings (SSSR count). The largest absolute Gasteiger partial charge is 3.00 e. The number of nitrogens with zero attached hydrogens (tertiary/aromatic N) is 5. The van der Waals surface area contributed by atoms with Crippen LogP contribution in [0, 0.1) is 130 Å². The van der Waals surface area contributed by atoms with Crippen LogP contribution >= 0.6 is 0 Å². The summed E-state index contributed by atoms with van der Waals surface area (Å²) in [6.45, 7) is 129. The topological polar surface area (TPSA) is 91.6 Å². The van der Waals surface area contributed by atoms with Crippen molar-refractivity contribution in [3.63, 3.8) is 0 Å². The minimum Gasteiger partial charge on any atom is 3.00 e. The molecule has 0 aliphatic carbocycles. The zero-order valence-corrected chi connectivity index (χ0v) is 104. The van der Waals surface area contributed by atoms with Gasteiger partial charge in [-0.1, -0.05) is 184 Å². The molecule has 1 atom stereocenters. The minimum atomic E-state index is -0.250. The van der Waals surface area contributed by atoms with E-state index in [0.29, 0.717) is 11.3 Å². The summed E-state index contributed by atoms with van der Waals surface area (Å²) in [7, 11) is 0. The Bertz CT molecular complexity index is 1680. The van der Waals surface area contributed by atoms with Crippen LogP contribution in [-0.4, -0.2) is 74.5 Å². The second kappa shape index (κ2) is 90.1. The smallest absolute Gasteiger partial charge is 3.00 e. The molecule has 0 aromatic rings. The summed E-state index contributed by atoms with van der Waals surface area (Å²) in [5.74, 6) is 0.525. The third-order valence-corrected chi connectivity index (χ3v) is 13.1. The van der Waals surface area contributed by atoms with Gasteiger partial charge in [-0.3, -0.25) is 0 Å². The molecule has 0 saturated heterocycles. The van der Waals surface area contributed by atoms with Crippen molar-refractivity contribution in [1.82, 2.24) is 4.90 Å². The van der Waals surface area contributed by atoms with Gasteiger partial charge in [-0.25, -0.2) is 0 Å². The van der Waals surface area contributed by atoms with Gasteiger partial charge < -0.3 is 40.4 Å². The summed E-state index contributed by atoms with van der Waals surface area (Å²) >= 11 is 13.4. The maximum Gasteiger partial charge on any atom is 3.00 e. The Morgan fingerprint density at radius 1 is 0.433 bits per heavy atom. The molecular formula is C85H185N6V3W5Y5-2. The first-order valence-electron chi connectivity index (χ1n) is 31.1. The average molecular weight is 2810 g/mol. The average Bonchev–Trinajstić information content (AvgIpc) is 3.11. The van der Waals surface area contributed by atoms with Crippen molar-refractivity contribution >= 4 is 28.8 Å². The zero-order chi connectivity index (χ0) is 78.6. The fourth-order valence-corrected chi connectivity index (χ4v) is 9.36. The van der Waals surface area contributed by atoms with E-state index in [4.69, 9.17) is 15.3 Å². The molecular weight excluding hydrogens is 2620 g/mol. The van der Waals surface area contributed by atoms with Crippen molar-refractivity contribution in [2.45, 2.75) is 378 Å². The van der Waals surface area contributed by atoms with E-state index in [1.807, 2.05) is 20.8 Å². The SMILES string of the molecule is C.C.C.C.C.C.C.C.CC(C)(C)[C-]=[V].CC(C)(C)[NH-].[CH2-]C(C)(C)C.[CH2-]C(C)(C)C.[CH2-]C(C)(C)C.[CH2-]C(C)(C)C.[CH2-]C(C)(C)C.[CH2-][C](=[W])C(C[N-]C(C)(C)C)C(C)(C)C.[CH2-][C](=[W])N(C[CH-]C(C)(C)C)C(C)(C)C.[CH2-][C](=[W])[C](=[V])C(C)(C)C.[CH2-][C](=[W])[N-]C(C)(C)C.[CH2-][C](=[W])[N-]C(C)(C)C.[N-]=[V].[Y+3].[Y+3].[Y+3].[Y+3].[Y+3]. The number of nitrogens with one attached hydrogen (secondary N) is 1. The Labute approximate surface area is 877 Å². The standard InChI is InChI=1S/2C12H23N.C7H11.2C6H11N.5C5H11.C5H9.C4H10N.8CH4.N.3V.5W.5Y/c1-8-13(12(5,6)7)10-9-11(2,3)4;1-8-10(11(2,3)4)9-13-12(5,6)7;1-5-6-7(2,3)4;2*1-5-7-6(2,3)4;6*1-5(2,3)4;1-4(2,3)5;;;;;;;;;;;;;;;;;;;;;;/h9H,1,10H2,2-7H3;10H,1,9H2,2-7H3;3*1H2,2-4H3;5*1H2,2-4H3;1-3H3;5H,1-3H3;8*1H4;;;;;;;;;;;;;;/q2*-2;-1;2*-2;7*-1;;;;;;;;;-1;;;;;;;;;5*+3. The molecule has 0 heterocycles. The monoisotopic (exact) mass is 2810 g/mol. The normalized spacial score (nSPS) is 10.7. The summed E-state index contributed by atoms with van der Waals surface area (Å²) in [4.78, 5) is 2.37. The zero-order valence-electron chi connectivity index (χ0n) is 71.1. The van der Waals surface area contributed by atoms with E-state index < -0.39 is 0 Å². The Morgan fingerprint density at radius 2 is 0.615 bits per heavy atom. The van der Waals surface area contributed by atoms with Gasteiger partial charge in [-0.05, 0) is 0 Å². The quantitative estimate of drug-likeness (QED) is 0.211. The third-order valence-electron chi connectivity index (χ3n) is 6.41. The predicted octanol–water partition coefficient (Wildman–Crippen LogP) is 28.7. The van der Waals surface area contributed by atoms with Crippen molar-refractivity contribution in [3.05, 3.63) is 102 Å². The molecule has 0 aliphatic heterocycles. The van der Waals surface area contributed by atoms with Crippen molar-refractivity contribution in [1.29, 1.82) is 0 Å². The van der Waals surface area contributed by atoms with Gasteiger partial charge in [-0.15, -0.1) is 5.54 Å². The Hall–Kier alpha value is 9.40. The van der Waals surface area contributed by atoms with Gasteiger partial charge >= 0.3 is 635 Å². The van der Waals surface area contributed by atoms with Gasteiger partial charge in [0.05, 0.1) is 0 Å². The Kier molecular flexibility index (Phi) is 163. The molecule has 0 aliphatic rings. The second-order valence-electron chi connectivity index (χ2n) is 37.4. The molecule has 617 valence electrons. The summed E-state index contributed by atoms with van der Waals surface area (Å²) in [5.41, 5.74) is 9.46. The molecule has 0 amide bonds. The van der Waals surface area contributed by atoms with Gasteiger partial charge in [0.25, 0.3) is 0 Å². The predicted molar refractivity (Wildman–Crippen MR) is 453 cm³/mol. The molecule has 0 aromatic heterocycles. The van der Waals surface area contributed by atoms with E-state index >= 15 is 0 Å². The molecule has 0 bridgehead atoms. The maximum atomic E-state index is 6.94. The molecule has 1 unspecified atom stereocenters. The molecule has 0 aromatic carbocycles. The molecule has 104 heavy (non-hydrogen) atoms. The summed E-state index contributed by atoms with van der Waals surface area (Å²) in [6.07, 6.45) is 2.35. The summed E-state index contributed by atoms with van der Waals surface area (Å²) in [5, 5.41) is 13.2. The van der Waals surface area contributed by atoms with Crippen LogP contribution in [0.1, 0.15) is 350 Å². The summed E-state index contributed by atoms with van der Waals surface area (Å²) in [6, 6.07) is 0. The van der Waals surface area contributed by atoms with Gasteiger partial charge in [-0.2, -0.15) is 27.1 Å². The van der Waals surface area contributed by atoms with Gasteiger partial charge in [0.1, 0.15) is 0 Å². The van der Waals surface area contributed by atoms with E-state index in [2.05, 4.69) is 400 Å². The molecule has 6 nitrogen and oxygen atoms in total. The van der Waals surface area contributed by atoms with Gasteiger partial charge in [0.2, 0.25) is 0 Å². The first-order chi connectivity index (χ1) is 38.3. The van der Waals surface area contributed by atoms with Crippen molar-refractivity contribution < 1.29 is 312 Å². The van der Waals surface area contributed by atoms with Crippen LogP contribution in [0.3, 0.4) is 0 Å². The van der Waals surface area contributed by atoms with Crippen LogP contribution in [0.25, 0.3) is 25.9 Å². The molecule has 0 saturated carbocycles. The van der Waals surface area contributed by atoms with Crippen LogP contribution in [0.4, 0.5) is 0 Å². The minimum absolute atomic E-state index is 0. The van der Waals surface area contributed by atoms with E-state index in [0.717, 1.165) is 21.1 Å². The number of hydrogen-bond donors (Lipinski definition) is 0. The molecule has 0 radical (unpaired) electrons. The van der Waals surface area contributed by atoms with E-state index in [-0.39, 0.29) is 294 Å². The van der Waals surface area contributed by atoms with Gasteiger partial charge in [0.15, 0.2) is 0 Å². The molecule has 1 N–H and O–H groups in total. The fraction of sp³-hybridized carbons (Fsp3) is 0.788. The van der Waals surface area contributed by atoms with E-state index in [9.17, 15) is 0 Å². The van der Waals surface area contributed by atoms with Crippen LogP contribution in [-0.2, 0) is 312 Å². The number of rotatable bonds is 9. The van der Waals surface area contributed by atoms with Gasteiger partial charge in [0, 0.05) is 0 Å². The fourth-order valence-electron chi connectivity index (χ4n) is 3.51. The van der Waals surface area contributed by atoms with E-state index in [1.165, 1.54) is 130 Å². The first kappa shape index (κ1) is 188.